The van der Waals surface area contributed by atoms with Gasteiger partial charge in [-0.15, -0.1) is 0 Å². The molecule has 0 aliphatic carbocycles. The molecule has 3 rings (SSSR count). The van der Waals surface area contributed by atoms with Crippen LogP contribution in [0.15, 0.2) is 59.5 Å². The van der Waals surface area contributed by atoms with E-state index in [0.717, 1.165) is 12.0 Å². The lowest BCUT2D eigenvalue weighted by Gasteiger charge is -2.25. The Morgan fingerprint density at radius 2 is 1.85 bits per heavy atom. The number of amides is 1. The average Bonchev–Trinajstić information content (AvgIpc) is 3.08. The van der Waals surface area contributed by atoms with E-state index in [1.54, 1.807) is 31.2 Å². The monoisotopic (exact) mass is 374 g/mol. The Labute approximate surface area is 153 Å². The van der Waals surface area contributed by atoms with E-state index in [1.165, 1.54) is 4.90 Å². The van der Waals surface area contributed by atoms with Crippen LogP contribution < -0.4 is 4.72 Å². The summed E-state index contributed by atoms with van der Waals surface area (Å²) in [7, 11) is -3.71. The first kappa shape index (κ1) is 18.4. The number of likely N-dealkylation sites (tertiary alicyclic amines) is 1. The van der Waals surface area contributed by atoms with Crippen molar-refractivity contribution in [3.63, 3.8) is 0 Å². The number of rotatable bonds is 5. The van der Waals surface area contributed by atoms with Crippen LogP contribution >= 0.6 is 0 Å². The third-order valence-electron chi connectivity index (χ3n) is 4.37. The minimum absolute atomic E-state index is 0.160. The Morgan fingerprint density at radius 3 is 2.58 bits per heavy atom. The molecule has 138 valence electrons. The van der Waals surface area contributed by atoms with Crippen LogP contribution in [0.1, 0.15) is 24.0 Å². The van der Waals surface area contributed by atoms with Crippen molar-refractivity contribution in [2.45, 2.75) is 37.4 Å². The number of nitrogens with one attached hydrogen (secondary N) is 1. The van der Waals surface area contributed by atoms with Gasteiger partial charge in [-0.2, -0.15) is 4.72 Å². The molecule has 0 radical (unpaired) electrons. The molecule has 1 aliphatic rings. The van der Waals surface area contributed by atoms with Crippen molar-refractivity contribution in [3.8, 4) is 0 Å². The number of carbonyl (C=O) groups excluding carboxylic acids is 1. The van der Waals surface area contributed by atoms with Crippen molar-refractivity contribution in [1.82, 2.24) is 9.62 Å². The van der Waals surface area contributed by atoms with E-state index in [1.807, 2.05) is 30.3 Å². The topological polar surface area (TPSA) is 75.7 Å². The van der Waals surface area contributed by atoms with Crippen LogP contribution in [-0.2, 0) is 21.4 Å². The summed E-state index contributed by atoms with van der Waals surface area (Å²) in [5.41, 5.74) is 1.55. The standard InChI is InChI=1S/C19H22N2O4S/c1-15-8-5-6-11-17(15)26(23,24)20-18-12-7-13-21(18)19(22)25-14-16-9-3-2-4-10-16/h2-6,8-11,18,20H,7,12-14H2,1H3. The van der Waals surface area contributed by atoms with E-state index in [-0.39, 0.29) is 11.5 Å². The minimum Gasteiger partial charge on any atom is -0.445 e. The van der Waals surface area contributed by atoms with Gasteiger partial charge in [0.2, 0.25) is 10.0 Å². The molecule has 6 nitrogen and oxygen atoms in total. The normalized spacial score (nSPS) is 17.3. The molecule has 7 heteroatoms. The molecule has 1 amide bonds. The molecule has 2 aromatic carbocycles. The molecule has 1 N–H and O–H groups in total. The zero-order valence-electron chi connectivity index (χ0n) is 14.6. The maximum Gasteiger partial charge on any atom is 0.411 e. The highest BCUT2D eigenvalue weighted by Crippen LogP contribution is 2.21. The van der Waals surface area contributed by atoms with Gasteiger partial charge in [-0.25, -0.2) is 13.2 Å². The SMILES string of the molecule is Cc1ccccc1S(=O)(=O)NC1CCCN1C(=O)OCc1ccccc1. The fourth-order valence-electron chi connectivity index (χ4n) is 3.01. The first-order valence-corrected chi connectivity index (χ1v) is 10.0. The first-order chi connectivity index (χ1) is 12.5. The van der Waals surface area contributed by atoms with E-state index in [4.69, 9.17) is 4.74 Å². The Hall–Kier alpha value is -2.38. The molecule has 2 aromatic rings. The number of ether oxygens (including phenoxy) is 1. The average molecular weight is 374 g/mol. The van der Waals surface area contributed by atoms with Crippen molar-refractivity contribution in [2.75, 3.05) is 6.54 Å². The third-order valence-corrected chi connectivity index (χ3v) is 5.99. The third kappa shape index (κ3) is 4.23. The number of hydrogen-bond donors (Lipinski definition) is 1. The first-order valence-electron chi connectivity index (χ1n) is 8.53. The van der Waals surface area contributed by atoms with Crippen molar-refractivity contribution in [1.29, 1.82) is 0 Å². The van der Waals surface area contributed by atoms with Crippen LogP contribution in [0.25, 0.3) is 0 Å². The van der Waals surface area contributed by atoms with Crippen LogP contribution in [0.4, 0.5) is 4.79 Å². The number of sulfonamides is 1. The number of aryl methyl sites for hydroxylation is 1. The maximum absolute atomic E-state index is 12.7. The number of hydrogen-bond acceptors (Lipinski definition) is 4. The fraction of sp³-hybridized carbons (Fsp3) is 0.316. The molecule has 26 heavy (non-hydrogen) atoms. The van der Waals surface area contributed by atoms with Crippen LogP contribution in [0.5, 0.6) is 0 Å². The van der Waals surface area contributed by atoms with Gasteiger partial charge in [0.05, 0.1) is 11.1 Å². The van der Waals surface area contributed by atoms with Gasteiger partial charge >= 0.3 is 6.09 Å². The van der Waals surface area contributed by atoms with Crippen molar-refractivity contribution in [2.24, 2.45) is 0 Å². The Morgan fingerprint density at radius 1 is 1.15 bits per heavy atom. The molecule has 0 bridgehead atoms. The maximum atomic E-state index is 12.7. The van der Waals surface area contributed by atoms with Gasteiger partial charge in [-0.3, -0.25) is 4.90 Å². The highest BCUT2D eigenvalue weighted by Gasteiger charge is 2.33. The lowest BCUT2D eigenvalue weighted by atomic mass is 10.2. The van der Waals surface area contributed by atoms with Crippen LogP contribution in [0.2, 0.25) is 0 Å². The van der Waals surface area contributed by atoms with E-state index in [0.29, 0.717) is 18.5 Å². The van der Waals surface area contributed by atoms with E-state index < -0.39 is 22.3 Å². The Kier molecular flexibility index (Phi) is 5.58. The van der Waals surface area contributed by atoms with E-state index >= 15 is 0 Å². The molecule has 1 atom stereocenters. The molecule has 1 saturated heterocycles. The summed E-state index contributed by atoms with van der Waals surface area (Å²) in [6, 6.07) is 16.2. The summed E-state index contributed by atoms with van der Waals surface area (Å²) in [4.78, 5) is 14.1. The van der Waals surface area contributed by atoms with Gasteiger partial charge in [-0.05, 0) is 37.0 Å². The minimum atomic E-state index is -3.71. The summed E-state index contributed by atoms with van der Waals surface area (Å²) < 4.78 is 33.3. The van der Waals surface area contributed by atoms with Gasteiger partial charge in [-0.1, -0.05) is 48.5 Å². The molecule has 0 saturated carbocycles. The highest BCUT2D eigenvalue weighted by atomic mass is 32.2. The van der Waals surface area contributed by atoms with Gasteiger partial charge in [0.1, 0.15) is 6.61 Å². The smallest absolute Gasteiger partial charge is 0.411 e. The van der Waals surface area contributed by atoms with Gasteiger partial charge < -0.3 is 4.74 Å². The summed E-state index contributed by atoms with van der Waals surface area (Å²) in [6.45, 7) is 2.37. The van der Waals surface area contributed by atoms with Crippen molar-refractivity contribution < 1.29 is 17.9 Å². The molecule has 1 fully saturated rings. The zero-order valence-corrected chi connectivity index (χ0v) is 15.4. The lowest BCUT2D eigenvalue weighted by molar-refractivity contribution is 0.0907. The van der Waals surface area contributed by atoms with Crippen molar-refractivity contribution in [3.05, 3.63) is 65.7 Å². The second kappa shape index (κ2) is 7.88. The van der Waals surface area contributed by atoms with Crippen LogP contribution in [0, 0.1) is 6.92 Å². The summed E-state index contributed by atoms with van der Waals surface area (Å²) >= 11 is 0. The predicted octanol–water partition coefficient (Wildman–Crippen LogP) is 3.03. The van der Waals surface area contributed by atoms with Crippen molar-refractivity contribution >= 4 is 16.1 Å². The number of carbonyl (C=O) groups is 1. The van der Waals surface area contributed by atoms with Crippen LogP contribution in [-0.4, -0.2) is 32.1 Å². The largest absolute Gasteiger partial charge is 0.445 e. The molecular weight excluding hydrogens is 352 g/mol. The molecular formula is C19H22N2O4S. The Bertz CT molecular complexity index is 868. The summed E-state index contributed by atoms with van der Waals surface area (Å²) in [5.74, 6) is 0. The van der Waals surface area contributed by atoms with E-state index in [9.17, 15) is 13.2 Å². The Balaban J connectivity index is 1.66. The van der Waals surface area contributed by atoms with Gasteiger partial charge in [0.25, 0.3) is 0 Å². The molecule has 1 unspecified atom stereocenters. The summed E-state index contributed by atoms with van der Waals surface area (Å²) in [6.07, 6.45) is 0.180. The van der Waals surface area contributed by atoms with Gasteiger partial charge in [0, 0.05) is 6.54 Å². The fourth-order valence-corrected chi connectivity index (χ4v) is 4.49. The molecule has 0 spiro atoms. The van der Waals surface area contributed by atoms with E-state index in [2.05, 4.69) is 4.72 Å². The predicted molar refractivity (Wildman–Crippen MR) is 97.9 cm³/mol. The second-order valence-corrected chi connectivity index (χ2v) is 7.96. The molecule has 1 aliphatic heterocycles. The quantitative estimate of drug-likeness (QED) is 0.873. The number of benzene rings is 2. The van der Waals surface area contributed by atoms with Gasteiger partial charge in [0.15, 0.2) is 0 Å². The highest BCUT2D eigenvalue weighted by molar-refractivity contribution is 7.89. The zero-order chi connectivity index (χ0) is 18.6. The molecule has 1 heterocycles. The lowest BCUT2D eigenvalue weighted by Crippen LogP contribution is -2.47. The second-order valence-electron chi connectivity index (χ2n) is 6.28. The number of nitrogens with zero attached hydrogens (tertiary/aromatic N) is 1. The molecule has 0 aromatic heterocycles. The van der Waals surface area contributed by atoms with Crippen LogP contribution in [0.3, 0.4) is 0 Å². The summed E-state index contributed by atoms with van der Waals surface area (Å²) in [5, 5.41) is 0.